The predicted octanol–water partition coefficient (Wildman–Crippen LogP) is 7.49. The lowest BCUT2D eigenvalue weighted by Crippen LogP contribution is -2.37. The Bertz CT molecular complexity index is 842. The molecule has 1 unspecified atom stereocenters. The smallest absolute Gasteiger partial charge is 0.143 e. The van der Waals surface area contributed by atoms with Crippen LogP contribution in [-0.4, -0.2) is 32.5 Å². The van der Waals surface area contributed by atoms with Crippen molar-refractivity contribution in [1.29, 1.82) is 0 Å². The predicted molar refractivity (Wildman–Crippen MR) is 145 cm³/mol. The van der Waals surface area contributed by atoms with Gasteiger partial charge >= 0.3 is 0 Å². The van der Waals surface area contributed by atoms with Crippen molar-refractivity contribution in [3.8, 4) is 0 Å². The highest BCUT2D eigenvalue weighted by Gasteiger charge is 2.38. The molecule has 0 aromatic heterocycles. The van der Waals surface area contributed by atoms with Crippen LogP contribution >= 0.6 is 0 Å². The lowest BCUT2D eigenvalue weighted by Gasteiger charge is -2.37. The average Bonchev–Trinajstić information content (AvgIpc) is 2.88. The molecule has 1 atom stereocenters. The van der Waals surface area contributed by atoms with Gasteiger partial charge in [-0.1, -0.05) is 119 Å². The molecule has 3 aromatic rings. The van der Waals surface area contributed by atoms with Crippen LogP contribution in [0.4, 0.5) is 0 Å². The second kappa shape index (κ2) is 14.2. The van der Waals surface area contributed by atoms with Crippen LogP contribution in [0.15, 0.2) is 91.0 Å². The molecule has 0 saturated heterocycles. The molecule has 0 bridgehead atoms. The van der Waals surface area contributed by atoms with Crippen LogP contribution in [0.1, 0.15) is 57.2 Å². The summed E-state index contributed by atoms with van der Waals surface area (Å²) in [5.41, 5.74) is 2.54. The van der Waals surface area contributed by atoms with Gasteiger partial charge in [0, 0.05) is 13.2 Å². The zero-order chi connectivity index (χ0) is 24.9. The Labute approximate surface area is 212 Å². The number of hydrogen-bond acceptors (Lipinski definition) is 3. The Hall–Kier alpha value is -2.46. The zero-order valence-corrected chi connectivity index (χ0v) is 21.9. The van der Waals surface area contributed by atoms with Crippen LogP contribution in [0.5, 0.6) is 0 Å². The number of rotatable bonds is 15. The summed E-state index contributed by atoms with van der Waals surface area (Å²) in [6.45, 7) is 11.3. The van der Waals surface area contributed by atoms with Crippen molar-refractivity contribution in [2.24, 2.45) is 11.8 Å². The first-order valence-electron chi connectivity index (χ1n) is 13.0. The van der Waals surface area contributed by atoms with E-state index in [0.717, 1.165) is 36.1 Å². The number of benzene rings is 3. The van der Waals surface area contributed by atoms with Gasteiger partial charge in [-0.05, 0) is 41.4 Å². The molecular weight excluding hydrogens is 432 g/mol. The Morgan fingerprint density at radius 1 is 0.571 bits per heavy atom. The molecule has 0 aliphatic carbocycles. The van der Waals surface area contributed by atoms with E-state index in [1.807, 2.05) is 18.2 Å². The summed E-state index contributed by atoms with van der Waals surface area (Å²) in [5, 5.41) is 0. The lowest BCUT2D eigenvalue weighted by molar-refractivity contribution is -0.0936. The minimum absolute atomic E-state index is 0.142. The van der Waals surface area contributed by atoms with Crippen molar-refractivity contribution in [2.75, 3.05) is 26.4 Å². The number of ether oxygens (including phenoxy) is 3. The van der Waals surface area contributed by atoms with E-state index in [-0.39, 0.29) is 6.10 Å². The third-order valence-electron chi connectivity index (χ3n) is 6.22. The van der Waals surface area contributed by atoms with E-state index in [1.54, 1.807) is 0 Å². The molecule has 3 heteroatoms. The van der Waals surface area contributed by atoms with E-state index in [2.05, 4.69) is 100 Å². The molecule has 0 saturated carbocycles. The molecule has 0 heterocycles. The van der Waals surface area contributed by atoms with E-state index in [4.69, 9.17) is 14.2 Å². The molecule has 0 amide bonds. The summed E-state index contributed by atoms with van der Waals surface area (Å²) < 4.78 is 19.3. The fourth-order valence-electron chi connectivity index (χ4n) is 4.14. The Morgan fingerprint density at radius 2 is 1.00 bits per heavy atom. The van der Waals surface area contributed by atoms with E-state index in [9.17, 15) is 0 Å². The third kappa shape index (κ3) is 8.03. The van der Waals surface area contributed by atoms with Crippen LogP contribution in [-0.2, 0) is 19.8 Å². The molecule has 0 N–H and O–H groups in total. The summed E-state index contributed by atoms with van der Waals surface area (Å²) >= 11 is 0. The first-order chi connectivity index (χ1) is 17.0. The summed E-state index contributed by atoms with van der Waals surface area (Å²) in [7, 11) is 0. The van der Waals surface area contributed by atoms with E-state index in [0.29, 0.717) is 31.7 Å². The van der Waals surface area contributed by atoms with Crippen molar-refractivity contribution < 1.29 is 14.2 Å². The van der Waals surface area contributed by atoms with Gasteiger partial charge in [-0.3, -0.25) is 0 Å². The van der Waals surface area contributed by atoms with E-state index in [1.165, 1.54) is 0 Å². The molecule has 0 aliphatic heterocycles. The van der Waals surface area contributed by atoms with Gasteiger partial charge in [0.05, 0.1) is 13.2 Å². The van der Waals surface area contributed by atoms with Gasteiger partial charge < -0.3 is 14.2 Å². The van der Waals surface area contributed by atoms with Gasteiger partial charge in [-0.15, -0.1) is 0 Å². The van der Waals surface area contributed by atoms with Crippen LogP contribution in [0.25, 0.3) is 0 Å². The Kier molecular flexibility index (Phi) is 11.0. The van der Waals surface area contributed by atoms with E-state index < -0.39 is 5.60 Å². The second-order valence-corrected chi connectivity index (χ2v) is 10.0. The zero-order valence-electron chi connectivity index (χ0n) is 21.9. The second-order valence-electron chi connectivity index (χ2n) is 10.0. The van der Waals surface area contributed by atoms with Crippen molar-refractivity contribution in [2.45, 2.75) is 52.2 Å². The Balaban J connectivity index is 1.91. The highest BCUT2D eigenvalue weighted by molar-refractivity contribution is 5.47. The first-order valence-corrected chi connectivity index (χ1v) is 13.0. The molecule has 3 nitrogen and oxygen atoms in total. The quantitative estimate of drug-likeness (QED) is 0.169. The molecule has 0 aliphatic rings. The standard InChI is InChI=1S/C32H42O3/c1-26(2)20-22-33-24-31(34-23-21-27(3)4)25-35-32(28-14-8-5-9-15-28,29-16-10-6-11-17-29)30-18-12-7-13-19-30/h5-19,26-27,31H,20-25H2,1-4H3. The first kappa shape index (κ1) is 27.1. The maximum absolute atomic E-state index is 6.98. The van der Waals surface area contributed by atoms with Crippen molar-refractivity contribution in [3.05, 3.63) is 108 Å². The molecule has 3 rings (SSSR count). The van der Waals surface area contributed by atoms with Crippen LogP contribution in [0.3, 0.4) is 0 Å². The normalized spacial score (nSPS) is 12.9. The fourth-order valence-corrected chi connectivity index (χ4v) is 4.14. The maximum atomic E-state index is 6.98. The summed E-state index contributed by atoms with van der Waals surface area (Å²) in [5.74, 6) is 1.21. The van der Waals surface area contributed by atoms with Gasteiger partial charge in [0.2, 0.25) is 0 Å². The molecule has 3 aromatic carbocycles. The fraction of sp³-hybridized carbons (Fsp3) is 0.438. The van der Waals surface area contributed by atoms with Crippen molar-refractivity contribution >= 4 is 0 Å². The van der Waals surface area contributed by atoms with Crippen molar-refractivity contribution in [3.63, 3.8) is 0 Å². The lowest BCUT2D eigenvalue weighted by atomic mass is 9.80. The number of hydrogen-bond donors (Lipinski definition) is 0. The van der Waals surface area contributed by atoms with Gasteiger partial charge in [0.15, 0.2) is 0 Å². The Morgan fingerprint density at radius 3 is 1.43 bits per heavy atom. The molecule has 0 radical (unpaired) electrons. The SMILES string of the molecule is CC(C)CCOCC(COC(c1ccccc1)(c1ccccc1)c1ccccc1)OCCC(C)C. The van der Waals surface area contributed by atoms with Gasteiger partial charge in [0.1, 0.15) is 11.7 Å². The molecule has 0 fully saturated rings. The topological polar surface area (TPSA) is 27.7 Å². The molecular formula is C32H42O3. The van der Waals surface area contributed by atoms with E-state index >= 15 is 0 Å². The molecule has 188 valence electrons. The van der Waals surface area contributed by atoms with Gasteiger partial charge in [0.25, 0.3) is 0 Å². The summed E-state index contributed by atoms with van der Waals surface area (Å²) in [6, 6.07) is 31.5. The van der Waals surface area contributed by atoms with Crippen LogP contribution in [0.2, 0.25) is 0 Å². The minimum Gasteiger partial charge on any atom is -0.379 e. The maximum Gasteiger partial charge on any atom is 0.143 e. The van der Waals surface area contributed by atoms with Crippen molar-refractivity contribution in [1.82, 2.24) is 0 Å². The third-order valence-corrected chi connectivity index (χ3v) is 6.22. The summed E-state index contributed by atoms with van der Waals surface area (Å²) in [6.07, 6.45) is 1.92. The molecule has 0 spiro atoms. The van der Waals surface area contributed by atoms with Gasteiger partial charge in [-0.2, -0.15) is 0 Å². The monoisotopic (exact) mass is 474 g/mol. The minimum atomic E-state index is -0.749. The largest absolute Gasteiger partial charge is 0.379 e. The highest BCUT2D eigenvalue weighted by Crippen LogP contribution is 2.40. The summed E-state index contributed by atoms with van der Waals surface area (Å²) in [4.78, 5) is 0. The average molecular weight is 475 g/mol. The van der Waals surface area contributed by atoms with Gasteiger partial charge in [-0.25, -0.2) is 0 Å². The van der Waals surface area contributed by atoms with Crippen LogP contribution < -0.4 is 0 Å². The molecule has 35 heavy (non-hydrogen) atoms. The van der Waals surface area contributed by atoms with Crippen LogP contribution in [0, 0.1) is 11.8 Å². The highest BCUT2D eigenvalue weighted by atomic mass is 16.6.